The molecule has 1 fully saturated rings. The molecule has 6 N–H and O–H groups in total. The number of nitrogens with zero attached hydrogens (tertiary/aromatic N) is 2. The number of hydrazone groups is 1. The molecule has 0 amide bonds. The number of amidine groups is 1. The lowest BCUT2D eigenvalue weighted by Gasteiger charge is -2.39. The minimum absolute atomic E-state index is 0.00694. The van der Waals surface area contributed by atoms with E-state index in [0.717, 1.165) is 5.56 Å². The van der Waals surface area contributed by atoms with Gasteiger partial charge in [0.15, 0.2) is 0 Å². The molecule has 110 valence electrons. The van der Waals surface area contributed by atoms with Crippen LogP contribution < -0.4 is 17.1 Å². The lowest BCUT2D eigenvalue weighted by Crippen LogP contribution is -2.47. The molecular formula is C14H20BN5O. The van der Waals surface area contributed by atoms with E-state index in [-0.39, 0.29) is 12.5 Å². The molecule has 7 heteroatoms. The summed E-state index contributed by atoms with van der Waals surface area (Å²) in [6, 6.07) is 9.53. The normalized spacial score (nSPS) is 19.7. The highest BCUT2D eigenvalue weighted by atomic mass is 16.3. The van der Waals surface area contributed by atoms with E-state index in [2.05, 4.69) is 16.6 Å². The lowest BCUT2D eigenvalue weighted by atomic mass is 9.40. The summed E-state index contributed by atoms with van der Waals surface area (Å²) in [4.78, 5) is 0. The van der Waals surface area contributed by atoms with Crippen LogP contribution in [-0.4, -0.2) is 23.3 Å². The molecule has 1 heterocycles. The largest absolute Gasteiger partial charge is 0.389 e. The van der Waals surface area contributed by atoms with Crippen molar-refractivity contribution in [2.45, 2.75) is 37.0 Å². The number of rotatable bonds is 4. The fourth-order valence-corrected chi connectivity index (χ4v) is 3.08. The Bertz CT molecular complexity index is 534. The number of hydrazine groups is 1. The van der Waals surface area contributed by atoms with Gasteiger partial charge in [-0.2, -0.15) is 5.10 Å². The number of nitrogens with two attached hydrogens (primary N) is 2. The molecular weight excluding hydrogens is 265 g/mol. The molecule has 1 aliphatic heterocycles. The molecule has 2 rings (SSSR count). The smallest absolute Gasteiger partial charge is 0.268 e. The Balaban J connectivity index is 2.32. The minimum atomic E-state index is -1.00. The van der Waals surface area contributed by atoms with Gasteiger partial charge in [-0.05, 0) is 18.4 Å². The van der Waals surface area contributed by atoms with Gasteiger partial charge in [0.25, 0.3) is 6.71 Å². The van der Waals surface area contributed by atoms with Crippen LogP contribution in [0.3, 0.4) is 0 Å². The number of aliphatic hydroxyl groups is 1. The van der Waals surface area contributed by atoms with E-state index in [1.54, 1.807) is 0 Å². The molecule has 0 aromatic heterocycles. The second-order valence-electron chi connectivity index (χ2n) is 5.52. The molecule has 1 aromatic carbocycles. The summed E-state index contributed by atoms with van der Waals surface area (Å²) < 4.78 is 0. The van der Waals surface area contributed by atoms with Crippen LogP contribution in [0.15, 0.2) is 35.4 Å². The molecule has 0 saturated carbocycles. The number of hydrogen-bond acceptors (Lipinski definition) is 5. The van der Waals surface area contributed by atoms with E-state index in [0.29, 0.717) is 25.5 Å². The van der Waals surface area contributed by atoms with E-state index in [4.69, 9.17) is 16.8 Å². The molecule has 1 atom stereocenters. The first kappa shape index (κ1) is 15.4. The summed E-state index contributed by atoms with van der Waals surface area (Å²) in [7, 11) is 0. The highest BCUT2D eigenvalue weighted by Crippen LogP contribution is 2.40. The van der Waals surface area contributed by atoms with Crippen LogP contribution in [0, 0.1) is 11.2 Å². The van der Waals surface area contributed by atoms with Gasteiger partial charge in [0.05, 0.1) is 11.5 Å². The van der Waals surface area contributed by atoms with Crippen molar-refractivity contribution in [3.05, 3.63) is 35.9 Å². The highest BCUT2D eigenvalue weighted by molar-refractivity contribution is 6.67. The van der Waals surface area contributed by atoms with Gasteiger partial charge in [-0.15, -0.1) is 0 Å². The summed E-state index contributed by atoms with van der Waals surface area (Å²) in [6.07, 6.45) is 2.37. The van der Waals surface area contributed by atoms with Gasteiger partial charge in [0.2, 0.25) is 0 Å². The Labute approximate surface area is 124 Å². The predicted molar refractivity (Wildman–Crippen MR) is 83.3 cm³/mol. The molecule has 21 heavy (non-hydrogen) atoms. The fourth-order valence-electron chi connectivity index (χ4n) is 3.08. The highest BCUT2D eigenvalue weighted by Gasteiger charge is 2.44. The average molecular weight is 285 g/mol. The third-order valence-electron chi connectivity index (χ3n) is 4.19. The number of hydrogen-bond donors (Lipinski definition) is 4. The van der Waals surface area contributed by atoms with Crippen molar-refractivity contribution in [3.63, 3.8) is 0 Å². The second kappa shape index (κ2) is 6.61. The first-order valence-electron chi connectivity index (χ1n) is 7.06. The Hall–Kier alpha value is -2.04. The van der Waals surface area contributed by atoms with Crippen LogP contribution in [0.5, 0.6) is 0 Å². The van der Waals surface area contributed by atoms with Crippen LogP contribution in [0.1, 0.15) is 24.3 Å². The first-order valence-corrected chi connectivity index (χ1v) is 7.06. The Morgan fingerprint density at radius 1 is 1.38 bits per heavy atom. The monoisotopic (exact) mass is 285 g/mol. The van der Waals surface area contributed by atoms with Gasteiger partial charge in [0, 0.05) is 5.97 Å². The van der Waals surface area contributed by atoms with Crippen molar-refractivity contribution >= 4 is 12.5 Å². The zero-order chi connectivity index (χ0) is 15.3. The zero-order valence-corrected chi connectivity index (χ0v) is 11.9. The van der Waals surface area contributed by atoms with E-state index < -0.39 is 11.5 Å². The zero-order valence-electron chi connectivity index (χ0n) is 11.9. The van der Waals surface area contributed by atoms with Crippen LogP contribution in [-0.2, 0) is 0 Å². The summed E-state index contributed by atoms with van der Waals surface area (Å²) in [5, 5.41) is 23.9. The second-order valence-corrected chi connectivity index (χ2v) is 5.52. The molecule has 1 aromatic rings. The summed E-state index contributed by atoms with van der Waals surface area (Å²) in [5.74, 6) is 7.30. The quantitative estimate of drug-likeness (QED) is 0.212. The first-order chi connectivity index (χ1) is 10.1. The van der Waals surface area contributed by atoms with Crippen molar-refractivity contribution in [1.82, 2.24) is 5.53 Å². The maximum atomic E-state index is 11.1. The Kier molecular flexibility index (Phi) is 4.83. The third-order valence-corrected chi connectivity index (χ3v) is 4.19. The Morgan fingerprint density at radius 2 is 2.00 bits per heavy atom. The number of nitrogens with one attached hydrogen (secondary N) is 1. The van der Waals surface area contributed by atoms with Crippen LogP contribution in [0.2, 0.25) is 12.6 Å². The maximum Gasteiger partial charge on any atom is 0.268 e. The molecule has 6 nitrogen and oxygen atoms in total. The molecule has 1 aliphatic rings. The van der Waals surface area contributed by atoms with E-state index >= 15 is 0 Å². The van der Waals surface area contributed by atoms with Crippen molar-refractivity contribution in [2.24, 2.45) is 16.7 Å². The fraction of sp³-hybridized carbons (Fsp3) is 0.429. The van der Waals surface area contributed by atoms with Crippen molar-refractivity contribution < 1.29 is 5.11 Å². The summed E-state index contributed by atoms with van der Waals surface area (Å²) in [6.45, 7) is 0.00694. The standard InChI is InChI=1S/C14H20BN5O/c16-10-15-8-6-14(21,7-9-15)12(13(17)19-20-18)11-4-2-1-3-5-11/h1-5,12,20-21H,6-9,18H2,(H2,17,19). The van der Waals surface area contributed by atoms with Gasteiger partial charge >= 0.3 is 0 Å². The van der Waals surface area contributed by atoms with Crippen molar-refractivity contribution in [2.75, 3.05) is 0 Å². The SMILES string of the molecule is N#CB1CCC(O)(C(/C(N)=N/NN)c2ccccc2)CC1. The topological polar surface area (TPSA) is 120 Å². The Morgan fingerprint density at radius 3 is 2.52 bits per heavy atom. The molecule has 0 bridgehead atoms. The van der Waals surface area contributed by atoms with E-state index in [1.807, 2.05) is 30.3 Å². The van der Waals surface area contributed by atoms with Crippen molar-refractivity contribution in [1.29, 1.82) is 5.26 Å². The lowest BCUT2D eigenvalue weighted by molar-refractivity contribution is 0.0187. The average Bonchev–Trinajstić information content (AvgIpc) is 2.49. The van der Waals surface area contributed by atoms with E-state index in [9.17, 15) is 5.11 Å². The van der Waals surface area contributed by atoms with Crippen LogP contribution >= 0.6 is 0 Å². The van der Waals surface area contributed by atoms with Crippen LogP contribution in [0.25, 0.3) is 0 Å². The predicted octanol–water partition coefficient (Wildman–Crippen LogP) is 0.588. The molecule has 1 saturated heterocycles. The molecule has 1 unspecified atom stereocenters. The van der Waals surface area contributed by atoms with Crippen LogP contribution in [0.4, 0.5) is 0 Å². The van der Waals surface area contributed by atoms with Gasteiger partial charge in [-0.3, -0.25) is 0 Å². The maximum absolute atomic E-state index is 11.1. The minimum Gasteiger partial charge on any atom is -0.389 e. The number of benzene rings is 1. The van der Waals surface area contributed by atoms with Gasteiger partial charge in [-0.1, -0.05) is 43.0 Å². The van der Waals surface area contributed by atoms with Gasteiger partial charge in [-0.25, -0.2) is 16.6 Å². The van der Waals surface area contributed by atoms with E-state index in [1.165, 1.54) is 0 Å². The van der Waals surface area contributed by atoms with Crippen molar-refractivity contribution in [3.8, 4) is 5.97 Å². The van der Waals surface area contributed by atoms with Gasteiger partial charge < -0.3 is 10.8 Å². The third kappa shape index (κ3) is 3.35. The van der Waals surface area contributed by atoms with Gasteiger partial charge in [0.1, 0.15) is 5.84 Å². The molecule has 0 radical (unpaired) electrons. The summed E-state index contributed by atoms with van der Waals surface area (Å²) >= 11 is 0. The molecule has 0 spiro atoms. The summed E-state index contributed by atoms with van der Waals surface area (Å²) in [5.41, 5.74) is 8.11. The number of nitriles is 1. The molecule has 0 aliphatic carbocycles.